The monoisotopic (exact) mass is 144 g/mol. The lowest BCUT2D eigenvalue weighted by molar-refractivity contribution is 0.186. The number of rotatable bonds is 1. The maximum atomic E-state index is 7.62. The summed E-state index contributed by atoms with van der Waals surface area (Å²) in [5.74, 6) is 2.43. The van der Waals surface area contributed by atoms with Crippen molar-refractivity contribution in [2.24, 2.45) is 11.8 Å². The van der Waals surface area contributed by atoms with Crippen LogP contribution in [0.4, 0.5) is 0 Å². The zero-order valence-electron chi connectivity index (χ0n) is 6.29. The number of aliphatic hydroxyl groups excluding tert-OH is 2. The van der Waals surface area contributed by atoms with Gasteiger partial charge in [-0.3, -0.25) is 0 Å². The molecule has 2 aliphatic rings. The van der Waals surface area contributed by atoms with Crippen molar-refractivity contribution in [3.8, 4) is 0 Å². The summed E-state index contributed by atoms with van der Waals surface area (Å²) in [6, 6.07) is 0. The zero-order valence-corrected chi connectivity index (χ0v) is 6.29. The Hall–Kier alpha value is -0.0800. The van der Waals surface area contributed by atoms with Gasteiger partial charge in [0, 0.05) is 0 Å². The quantitative estimate of drug-likeness (QED) is 0.571. The van der Waals surface area contributed by atoms with Crippen molar-refractivity contribution >= 4 is 0 Å². The van der Waals surface area contributed by atoms with E-state index < -0.39 is 0 Å². The average Bonchev–Trinajstić information content (AvgIpc) is 2.60. The molecule has 2 atom stereocenters. The molecule has 2 saturated carbocycles. The van der Waals surface area contributed by atoms with Crippen LogP contribution in [0.1, 0.15) is 25.7 Å². The molecule has 0 aliphatic heterocycles. The fourth-order valence-electron chi connectivity index (χ4n) is 1.66. The molecule has 2 heteroatoms. The molecule has 10 heavy (non-hydrogen) atoms. The maximum Gasteiger partial charge on any atom is 0.0662 e. The Bertz CT molecular complexity index is 83.3. The van der Waals surface area contributed by atoms with Gasteiger partial charge < -0.3 is 10.2 Å². The van der Waals surface area contributed by atoms with E-state index in [4.69, 9.17) is 10.2 Å². The lowest BCUT2D eigenvalue weighted by Gasteiger charge is -1.80. The molecule has 0 aromatic heterocycles. The van der Waals surface area contributed by atoms with E-state index in [2.05, 4.69) is 0 Å². The topological polar surface area (TPSA) is 40.5 Å². The van der Waals surface area contributed by atoms with Gasteiger partial charge in [0.2, 0.25) is 0 Å². The summed E-state index contributed by atoms with van der Waals surface area (Å²) in [5.41, 5.74) is 0. The number of fused-ring (bicyclic) bond motifs is 1. The summed E-state index contributed by atoms with van der Waals surface area (Å²) in [7, 11) is 0. The van der Waals surface area contributed by atoms with Gasteiger partial charge in [0.1, 0.15) is 0 Å². The lowest BCUT2D eigenvalue weighted by atomic mass is 10.3. The van der Waals surface area contributed by atoms with Gasteiger partial charge >= 0.3 is 0 Å². The van der Waals surface area contributed by atoms with Crippen LogP contribution in [-0.2, 0) is 0 Å². The predicted octanol–water partition coefficient (Wildman–Crippen LogP) is 0.777. The highest BCUT2D eigenvalue weighted by Gasteiger charge is 2.40. The standard InChI is InChI=1S/C6H10.C2H6O2/c1-2-5-4-6(5)3-1;3-1-2-4/h5-6H,1-4H2;3-4H,1-2H2. The van der Waals surface area contributed by atoms with Gasteiger partial charge in [0.25, 0.3) is 0 Å². The van der Waals surface area contributed by atoms with E-state index in [1.54, 1.807) is 19.3 Å². The SMILES string of the molecule is C1CC2CC2C1.OCCO. The second-order valence-corrected chi connectivity index (χ2v) is 3.13. The Morgan fingerprint density at radius 1 is 1.00 bits per heavy atom. The Labute approximate surface area is 61.9 Å². The van der Waals surface area contributed by atoms with E-state index in [0.29, 0.717) is 0 Å². The van der Waals surface area contributed by atoms with Crippen molar-refractivity contribution in [2.75, 3.05) is 13.2 Å². The highest BCUT2D eigenvalue weighted by Crippen LogP contribution is 2.51. The molecule has 0 bridgehead atoms. The van der Waals surface area contributed by atoms with Crippen molar-refractivity contribution in [3.63, 3.8) is 0 Å². The Morgan fingerprint density at radius 2 is 1.50 bits per heavy atom. The first-order valence-corrected chi connectivity index (χ1v) is 4.10. The molecule has 0 saturated heterocycles. The molecule has 0 radical (unpaired) electrons. The lowest BCUT2D eigenvalue weighted by Crippen LogP contribution is -1.85. The molecule has 60 valence electrons. The largest absolute Gasteiger partial charge is 0.394 e. The van der Waals surface area contributed by atoms with Crippen LogP contribution in [0, 0.1) is 11.8 Å². The van der Waals surface area contributed by atoms with E-state index in [9.17, 15) is 0 Å². The first kappa shape index (κ1) is 8.02. The van der Waals surface area contributed by atoms with Gasteiger partial charge in [0.05, 0.1) is 13.2 Å². The number of hydrogen-bond donors (Lipinski definition) is 2. The molecule has 2 N–H and O–H groups in total. The molecule has 2 fully saturated rings. The second-order valence-electron chi connectivity index (χ2n) is 3.13. The Kier molecular flexibility index (Phi) is 3.16. The Morgan fingerprint density at radius 3 is 1.60 bits per heavy atom. The fraction of sp³-hybridized carbons (Fsp3) is 1.00. The van der Waals surface area contributed by atoms with Crippen molar-refractivity contribution in [1.29, 1.82) is 0 Å². The van der Waals surface area contributed by atoms with Crippen LogP contribution in [0.2, 0.25) is 0 Å². The molecule has 2 unspecified atom stereocenters. The van der Waals surface area contributed by atoms with Crippen LogP contribution in [0.15, 0.2) is 0 Å². The van der Waals surface area contributed by atoms with Crippen LogP contribution >= 0.6 is 0 Å². The third-order valence-electron chi connectivity index (χ3n) is 2.32. The minimum atomic E-state index is -0.125. The molecular weight excluding hydrogens is 128 g/mol. The third-order valence-corrected chi connectivity index (χ3v) is 2.32. The molecular formula is C8H16O2. The van der Waals surface area contributed by atoms with Crippen LogP contribution in [0.3, 0.4) is 0 Å². The molecule has 2 nitrogen and oxygen atoms in total. The van der Waals surface area contributed by atoms with Crippen LogP contribution in [0.5, 0.6) is 0 Å². The van der Waals surface area contributed by atoms with Crippen molar-refractivity contribution < 1.29 is 10.2 Å². The van der Waals surface area contributed by atoms with Gasteiger partial charge in [-0.1, -0.05) is 19.3 Å². The molecule has 0 amide bonds. The van der Waals surface area contributed by atoms with Gasteiger partial charge in [0.15, 0.2) is 0 Å². The third kappa shape index (κ3) is 2.27. The molecule has 2 rings (SSSR count). The summed E-state index contributed by atoms with van der Waals surface area (Å²) in [4.78, 5) is 0. The molecule has 0 heterocycles. The minimum absolute atomic E-state index is 0.125. The zero-order chi connectivity index (χ0) is 7.40. The van der Waals surface area contributed by atoms with Gasteiger partial charge in [-0.25, -0.2) is 0 Å². The van der Waals surface area contributed by atoms with Crippen LogP contribution < -0.4 is 0 Å². The smallest absolute Gasteiger partial charge is 0.0662 e. The van der Waals surface area contributed by atoms with Crippen molar-refractivity contribution in [1.82, 2.24) is 0 Å². The van der Waals surface area contributed by atoms with E-state index >= 15 is 0 Å². The average molecular weight is 144 g/mol. The van der Waals surface area contributed by atoms with Gasteiger partial charge in [-0.05, 0) is 18.3 Å². The van der Waals surface area contributed by atoms with Crippen molar-refractivity contribution in [2.45, 2.75) is 25.7 Å². The summed E-state index contributed by atoms with van der Waals surface area (Å²) < 4.78 is 0. The predicted molar refractivity (Wildman–Crippen MR) is 39.6 cm³/mol. The van der Waals surface area contributed by atoms with Gasteiger partial charge in [-0.15, -0.1) is 0 Å². The highest BCUT2D eigenvalue weighted by atomic mass is 16.3. The van der Waals surface area contributed by atoms with Crippen molar-refractivity contribution in [3.05, 3.63) is 0 Å². The second kappa shape index (κ2) is 3.94. The molecule has 0 aromatic rings. The maximum absolute atomic E-state index is 7.62. The highest BCUT2D eigenvalue weighted by molar-refractivity contribution is 4.91. The molecule has 0 aromatic carbocycles. The molecule has 0 spiro atoms. The van der Waals surface area contributed by atoms with Gasteiger partial charge in [-0.2, -0.15) is 0 Å². The number of hydrogen-bond acceptors (Lipinski definition) is 2. The normalized spacial score (nSPS) is 34.2. The summed E-state index contributed by atoms with van der Waals surface area (Å²) >= 11 is 0. The van der Waals surface area contributed by atoms with Crippen LogP contribution in [0.25, 0.3) is 0 Å². The van der Waals surface area contributed by atoms with E-state index in [0.717, 1.165) is 0 Å². The fourth-order valence-corrected chi connectivity index (χ4v) is 1.66. The summed E-state index contributed by atoms with van der Waals surface area (Å²) in [6.07, 6.45) is 6.24. The Balaban J connectivity index is 0.000000112. The first-order valence-electron chi connectivity index (χ1n) is 4.10. The molecule has 2 aliphatic carbocycles. The number of aliphatic hydroxyl groups is 2. The van der Waals surface area contributed by atoms with E-state index in [1.165, 1.54) is 18.3 Å². The summed E-state index contributed by atoms with van der Waals surface area (Å²) in [6.45, 7) is -0.250. The van der Waals surface area contributed by atoms with E-state index in [-0.39, 0.29) is 13.2 Å². The van der Waals surface area contributed by atoms with E-state index in [1.807, 2.05) is 0 Å². The summed E-state index contributed by atoms with van der Waals surface area (Å²) in [5, 5.41) is 15.2. The minimum Gasteiger partial charge on any atom is -0.394 e. The van der Waals surface area contributed by atoms with Crippen LogP contribution in [-0.4, -0.2) is 23.4 Å². The first-order chi connectivity index (χ1) is 4.88.